The molecule has 2 aliphatic rings. The largest absolute Gasteiger partial charge is 0.437 e. The fraction of sp³-hybridized carbons (Fsp3) is 0.600. The molecule has 5 nitrogen and oxygen atoms in total. The summed E-state index contributed by atoms with van der Waals surface area (Å²) in [5, 5.41) is 11.0. The molecular weight excluding hydrogens is 256 g/mol. The zero-order valence-electron chi connectivity index (χ0n) is 11.9. The summed E-state index contributed by atoms with van der Waals surface area (Å²) in [6, 6.07) is 5.41. The van der Waals surface area contributed by atoms with Gasteiger partial charge in [-0.3, -0.25) is 0 Å². The molecule has 2 heterocycles. The van der Waals surface area contributed by atoms with Crippen molar-refractivity contribution < 1.29 is 14.6 Å². The minimum Gasteiger partial charge on any atom is -0.437 e. The van der Waals surface area contributed by atoms with E-state index < -0.39 is 17.4 Å². The van der Waals surface area contributed by atoms with Gasteiger partial charge in [-0.1, -0.05) is 12.5 Å². The molecule has 1 aliphatic carbocycles. The molecule has 1 aromatic heterocycles. The molecule has 0 bridgehead atoms. The van der Waals surface area contributed by atoms with Crippen molar-refractivity contribution in [3.63, 3.8) is 0 Å². The Morgan fingerprint density at radius 2 is 2.00 bits per heavy atom. The van der Waals surface area contributed by atoms with Gasteiger partial charge in [-0.25, -0.2) is 14.7 Å². The third-order valence-electron chi connectivity index (χ3n) is 4.53. The van der Waals surface area contributed by atoms with E-state index in [1.54, 1.807) is 13.0 Å². The Morgan fingerprint density at radius 1 is 1.30 bits per heavy atom. The first-order chi connectivity index (χ1) is 9.46. The maximum absolute atomic E-state index is 12.3. The monoisotopic (exact) mass is 276 g/mol. The van der Waals surface area contributed by atoms with Crippen molar-refractivity contribution in [1.82, 2.24) is 4.98 Å². The first kappa shape index (κ1) is 13.4. The third kappa shape index (κ3) is 1.80. The lowest BCUT2D eigenvalue weighted by molar-refractivity contribution is -0.115. The third-order valence-corrected chi connectivity index (χ3v) is 4.53. The molecule has 1 atom stereocenters. The van der Waals surface area contributed by atoms with Gasteiger partial charge in [0.1, 0.15) is 5.82 Å². The van der Waals surface area contributed by atoms with Crippen molar-refractivity contribution in [1.29, 1.82) is 0 Å². The van der Waals surface area contributed by atoms with E-state index in [0.29, 0.717) is 18.7 Å². The highest BCUT2D eigenvalue weighted by Crippen LogP contribution is 2.48. The lowest BCUT2D eigenvalue weighted by Gasteiger charge is -2.41. The zero-order chi connectivity index (χ0) is 14.4. The van der Waals surface area contributed by atoms with Crippen LogP contribution in [0, 0.1) is 6.92 Å². The number of pyridine rings is 1. The van der Waals surface area contributed by atoms with E-state index in [2.05, 4.69) is 4.98 Å². The smallest absolute Gasteiger partial charge is 0.418 e. The van der Waals surface area contributed by atoms with Gasteiger partial charge >= 0.3 is 6.09 Å². The average Bonchev–Trinajstić information content (AvgIpc) is 2.57. The van der Waals surface area contributed by atoms with Crippen LogP contribution in [0.5, 0.6) is 0 Å². The van der Waals surface area contributed by atoms with Gasteiger partial charge < -0.3 is 9.84 Å². The van der Waals surface area contributed by atoms with Gasteiger partial charge in [0.2, 0.25) is 0 Å². The number of rotatable bonds is 1. The number of anilines is 1. The molecule has 1 saturated heterocycles. The number of nitrogens with zero attached hydrogens (tertiary/aromatic N) is 2. The maximum Gasteiger partial charge on any atom is 0.418 e. The standard InChI is InChI=1S/C15H20N2O3/c1-11-7-6-8-12(16-11)17-13(18)20-15(14(17,2)19)9-4-3-5-10-15/h6-8,19H,3-5,9-10H2,1-2H3. The van der Waals surface area contributed by atoms with Gasteiger partial charge in [0.15, 0.2) is 11.3 Å². The molecule has 20 heavy (non-hydrogen) atoms. The van der Waals surface area contributed by atoms with Crippen LogP contribution < -0.4 is 4.90 Å². The van der Waals surface area contributed by atoms with Crippen LogP contribution in [-0.2, 0) is 4.74 Å². The van der Waals surface area contributed by atoms with Crippen molar-refractivity contribution in [2.75, 3.05) is 4.90 Å². The number of aromatic nitrogens is 1. The summed E-state index contributed by atoms with van der Waals surface area (Å²) in [6.45, 7) is 3.52. The lowest BCUT2D eigenvalue weighted by Crippen LogP contribution is -2.57. The summed E-state index contributed by atoms with van der Waals surface area (Å²) in [5.41, 5.74) is -1.35. The van der Waals surface area contributed by atoms with Crippen LogP contribution in [-0.4, -0.2) is 27.5 Å². The molecular formula is C15H20N2O3. The van der Waals surface area contributed by atoms with E-state index in [-0.39, 0.29) is 0 Å². The molecule has 1 saturated carbocycles. The Morgan fingerprint density at radius 3 is 2.65 bits per heavy atom. The van der Waals surface area contributed by atoms with E-state index in [0.717, 1.165) is 25.0 Å². The fourth-order valence-corrected chi connectivity index (χ4v) is 3.36. The zero-order valence-corrected chi connectivity index (χ0v) is 11.9. The molecule has 108 valence electrons. The van der Waals surface area contributed by atoms with Crippen LogP contribution in [0.3, 0.4) is 0 Å². The summed E-state index contributed by atoms with van der Waals surface area (Å²) >= 11 is 0. The van der Waals surface area contributed by atoms with Crippen LogP contribution in [0.15, 0.2) is 18.2 Å². The number of aryl methyl sites for hydroxylation is 1. The number of carbonyl (C=O) groups excluding carboxylic acids is 1. The number of amides is 1. The molecule has 1 aliphatic heterocycles. The fourth-order valence-electron chi connectivity index (χ4n) is 3.36. The van der Waals surface area contributed by atoms with Crippen LogP contribution in [0.1, 0.15) is 44.7 Å². The molecule has 2 fully saturated rings. The summed E-state index contributed by atoms with van der Waals surface area (Å²) in [5.74, 6) is 0.447. The Balaban J connectivity index is 2.02. The Kier molecular flexibility index (Phi) is 2.97. The second-order valence-electron chi connectivity index (χ2n) is 5.92. The minimum absolute atomic E-state index is 0.447. The Bertz CT molecular complexity index is 536. The van der Waals surface area contributed by atoms with E-state index in [1.807, 2.05) is 19.1 Å². The summed E-state index contributed by atoms with van der Waals surface area (Å²) in [6.07, 6.45) is 3.96. The van der Waals surface area contributed by atoms with Gasteiger partial charge in [0.05, 0.1) is 0 Å². The SMILES string of the molecule is Cc1cccc(N2C(=O)OC3(CCCCC3)C2(C)O)n1. The molecule has 1 aromatic rings. The molecule has 1 spiro atoms. The lowest BCUT2D eigenvalue weighted by atomic mass is 9.77. The molecule has 5 heteroatoms. The maximum atomic E-state index is 12.3. The van der Waals surface area contributed by atoms with Gasteiger partial charge in [0.25, 0.3) is 0 Å². The van der Waals surface area contributed by atoms with E-state index in [1.165, 1.54) is 4.90 Å². The minimum atomic E-state index is -1.36. The highest BCUT2D eigenvalue weighted by Gasteiger charge is 2.62. The predicted octanol–water partition coefficient (Wildman–Crippen LogP) is 2.76. The Hall–Kier alpha value is -1.62. The van der Waals surface area contributed by atoms with Crippen LogP contribution >= 0.6 is 0 Å². The second kappa shape index (κ2) is 4.45. The first-order valence-corrected chi connectivity index (χ1v) is 7.16. The molecule has 3 rings (SSSR count). The number of hydrogen-bond donors (Lipinski definition) is 1. The average molecular weight is 276 g/mol. The van der Waals surface area contributed by atoms with Gasteiger partial charge in [-0.15, -0.1) is 0 Å². The van der Waals surface area contributed by atoms with E-state index in [4.69, 9.17) is 4.74 Å². The van der Waals surface area contributed by atoms with Crippen molar-refractivity contribution in [3.05, 3.63) is 23.9 Å². The van der Waals surface area contributed by atoms with Crippen LogP contribution in [0.25, 0.3) is 0 Å². The predicted molar refractivity (Wildman–Crippen MR) is 74.4 cm³/mol. The summed E-state index contributed by atoms with van der Waals surface area (Å²) < 4.78 is 5.61. The van der Waals surface area contributed by atoms with Crippen LogP contribution in [0.4, 0.5) is 10.6 Å². The van der Waals surface area contributed by atoms with Crippen molar-refractivity contribution in [2.45, 2.75) is 57.3 Å². The second-order valence-corrected chi connectivity index (χ2v) is 5.92. The van der Waals surface area contributed by atoms with Crippen LogP contribution in [0.2, 0.25) is 0 Å². The van der Waals surface area contributed by atoms with Gasteiger partial charge in [0, 0.05) is 5.69 Å². The molecule has 0 aromatic carbocycles. The topological polar surface area (TPSA) is 62.7 Å². The number of hydrogen-bond acceptors (Lipinski definition) is 4. The van der Waals surface area contributed by atoms with Gasteiger partial charge in [-0.2, -0.15) is 0 Å². The quantitative estimate of drug-likeness (QED) is 0.856. The summed E-state index contributed by atoms with van der Waals surface area (Å²) in [7, 11) is 0. The number of aliphatic hydroxyl groups is 1. The highest BCUT2D eigenvalue weighted by molar-refractivity contribution is 5.91. The van der Waals surface area contributed by atoms with Crippen molar-refractivity contribution >= 4 is 11.9 Å². The molecule has 1 N–H and O–H groups in total. The van der Waals surface area contributed by atoms with Crippen molar-refractivity contribution in [2.24, 2.45) is 0 Å². The van der Waals surface area contributed by atoms with E-state index in [9.17, 15) is 9.90 Å². The molecule has 0 radical (unpaired) electrons. The number of carbonyl (C=O) groups is 1. The normalized spacial score (nSPS) is 28.8. The summed E-state index contributed by atoms with van der Waals surface area (Å²) in [4.78, 5) is 17.9. The van der Waals surface area contributed by atoms with Crippen molar-refractivity contribution in [3.8, 4) is 0 Å². The molecule has 1 amide bonds. The Labute approximate surface area is 118 Å². The molecule has 1 unspecified atom stereocenters. The first-order valence-electron chi connectivity index (χ1n) is 7.16. The van der Waals surface area contributed by atoms with Gasteiger partial charge in [-0.05, 0) is 51.7 Å². The van der Waals surface area contributed by atoms with E-state index >= 15 is 0 Å². The highest BCUT2D eigenvalue weighted by atomic mass is 16.6. The number of ether oxygens (including phenoxy) is 1.